The SMILES string of the molecule is Cl.Cn1ccnc1C1CNCCN1CCc1nc(-c2cccc(Cl)c2)no1. The van der Waals surface area contributed by atoms with E-state index in [1.54, 1.807) is 0 Å². The number of aryl methyl sites for hydroxylation is 1. The lowest BCUT2D eigenvalue weighted by molar-refractivity contribution is 0.150. The van der Waals surface area contributed by atoms with Crippen LogP contribution in [0.5, 0.6) is 0 Å². The van der Waals surface area contributed by atoms with Crippen LogP contribution < -0.4 is 5.32 Å². The number of rotatable bonds is 5. The van der Waals surface area contributed by atoms with E-state index in [-0.39, 0.29) is 18.4 Å². The van der Waals surface area contributed by atoms with Gasteiger partial charge in [-0.1, -0.05) is 28.9 Å². The number of piperazine rings is 1. The summed E-state index contributed by atoms with van der Waals surface area (Å²) in [6, 6.07) is 7.72. The highest BCUT2D eigenvalue weighted by molar-refractivity contribution is 6.30. The van der Waals surface area contributed by atoms with E-state index in [2.05, 4.69) is 29.9 Å². The van der Waals surface area contributed by atoms with E-state index in [9.17, 15) is 0 Å². The molecule has 0 spiro atoms. The Bertz CT molecular complexity index is 880. The van der Waals surface area contributed by atoms with Gasteiger partial charge in [0.15, 0.2) is 0 Å². The number of hydrogen-bond donors (Lipinski definition) is 1. The molecule has 1 aliphatic heterocycles. The summed E-state index contributed by atoms with van der Waals surface area (Å²) < 4.78 is 7.51. The summed E-state index contributed by atoms with van der Waals surface area (Å²) in [5, 5.41) is 8.19. The van der Waals surface area contributed by atoms with E-state index < -0.39 is 0 Å². The molecule has 7 nitrogen and oxygen atoms in total. The summed E-state index contributed by atoms with van der Waals surface area (Å²) in [5.41, 5.74) is 0.862. The number of hydrogen-bond acceptors (Lipinski definition) is 6. The van der Waals surface area contributed by atoms with Gasteiger partial charge >= 0.3 is 0 Å². The molecule has 144 valence electrons. The van der Waals surface area contributed by atoms with Crippen molar-refractivity contribution in [3.8, 4) is 11.4 Å². The average molecular weight is 409 g/mol. The van der Waals surface area contributed by atoms with Gasteiger partial charge in [0.25, 0.3) is 0 Å². The van der Waals surface area contributed by atoms with Crippen molar-refractivity contribution in [3.63, 3.8) is 0 Å². The zero-order valence-electron chi connectivity index (χ0n) is 15.0. The van der Waals surface area contributed by atoms with Gasteiger partial charge in [0.1, 0.15) is 5.82 Å². The van der Waals surface area contributed by atoms with Gasteiger partial charge in [0.05, 0.1) is 6.04 Å². The Labute approximate surface area is 169 Å². The summed E-state index contributed by atoms with van der Waals surface area (Å²) >= 11 is 6.04. The zero-order valence-corrected chi connectivity index (χ0v) is 16.6. The minimum absolute atomic E-state index is 0. The van der Waals surface area contributed by atoms with Gasteiger partial charge in [-0.15, -0.1) is 12.4 Å². The predicted octanol–water partition coefficient (Wildman–Crippen LogP) is 2.73. The minimum Gasteiger partial charge on any atom is -0.339 e. The smallest absolute Gasteiger partial charge is 0.228 e. The predicted molar refractivity (Wildman–Crippen MR) is 106 cm³/mol. The third-order valence-electron chi connectivity index (χ3n) is 4.67. The summed E-state index contributed by atoms with van der Waals surface area (Å²) in [6.45, 7) is 3.67. The standard InChI is InChI=1S/C18H21ClN6O.ClH/c1-24-9-7-21-18(24)15-12-20-6-10-25(15)8-5-16-22-17(23-26-16)13-3-2-4-14(19)11-13;/h2-4,7,9,11,15,20H,5-6,8,10,12H2,1H3;1H. The molecule has 0 amide bonds. The second-order valence-corrected chi connectivity index (χ2v) is 6.86. The quantitative estimate of drug-likeness (QED) is 0.699. The van der Waals surface area contributed by atoms with Gasteiger partial charge in [0, 0.05) is 62.6 Å². The van der Waals surface area contributed by atoms with Crippen LogP contribution in [0.3, 0.4) is 0 Å². The van der Waals surface area contributed by atoms with E-state index in [1.165, 1.54) is 0 Å². The van der Waals surface area contributed by atoms with Crippen molar-refractivity contribution in [3.05, 3.63) is 53.4 Å². The van der Waals surface area contributed by atoms with Crippen LogP contribution in [0.15, 0.2) is 41.2 Å². The number of nitrogens with one attached hydrogen (secondary N) is 1. The fourth-order valence-electron chi connectivity index (χ4n) is 3.31. The molecular formula is C18H22Cl2N6O. The van der Waals surface area contributed by atoms with Crippen LogP contribution >= 0.6 is 24.0 Å². The highest BCUT2D eigenvalue weighted by Gasteiger charge is 2.26. The Hall–Kier alpha value is -1.93. The Balaban J connectivity index is 0.00000210. The third kappa shape index (κ3) is 4.50. The lowest BCUT2D eigenvalue weighted by Crippen LogP contribution is -2.47. The van der Waals surface area contributed by atoms with Crippen LogP contribution in [-0.4, -0.2) is 50.8 Å². The van der Waals surface area contributed by atoms with Crippen molar-refractivity contribution < 1.29 is 4.52 Å². The first-order valence-electron chi connectivity index (χ1n) is 8.71. The summed E-state index contributed by atoms with van der Waals surface area (Å²) in [7, 11) is 2.03. The summed E-state index contributed by atoms with van der Waals surface area (Å²) in [4.78, 5) is 11.4. The van der Waals surface area contributed by atoms with E-state index in [1.807, 2.05) is 43.7 Å². The number of imidazole rings is 1. The normalized spacial score (nSPS) is 17.6. The molecule has 0 radical (unpaired) electrons. The number of nitrogens with zero attached hydrogens (tertiary/aromatic N) is 5. The molecule has 9 heteroatoms. The van der Waals surface area contributed by atoms with Crippen molar-refractivity contribution in [2.45, 2.75) is 12.5 Å². The van der Waals surface area contributed by atoms with Crippen molar-refractivity contribution in [1.82, 2.24) is 29.9 Å². The topological polar surface area (TPSA) is 72.0 Å². The average Bonchev–Trinajstić information content (AvgIpc) is 3.29. The number of benzene rings is 1. The molecule has 0 bridgehead atoms. The van der Waals surface area contributed by atoms with Crippen molar-refractivity contribution in [2.24, 2.45) is 7.05 Å². The molecule has 4 rings (SSSR count). The Kier molecular flexibility index (Phi) is 6.49. The molecule has 1 unspecified atom stereocenters. The summed E-state index contributed by atoms with van der Waals surface area (Å²) in [5.74, 6) is 2.28. The fraction of sp³-hybridized carbons (Fsp3) is 0.389. The van der Waals surface area contributed by atoms with Crippen molar-refractivity contribution >= 4 is 24.0 Å². The molecule has 2 aromatic heterocycles. The van der Waals surface area contributed by atoms with Crippen LogP contribution in [-0.2, 0) is 13.5 Å². The molecule has 0 aliphatic carbocycles. The van der Waals surface area contributed by atoms with Gasteiger partial charge in [-0.25, -0.2) is 4.98 Å². The maximum Gasteiger partial charge on any atom is 0.228 e. The maximum atomic E-state index is 6.04. The molecule has 1 fully saturated rings. The monoisotopic (exact) mass is 408 g/mol. The Morgan fingerprint density at radius 3 is 3.04 bits per heavy atom. The largest absolute Gasteiger partial charge is 0.339 e. The minimum atomic E-state index is 0. The van der Waals surface area contributed by atoms with Gasteiger partial charge in [0.2, 0.25) is 11.7 Å². The fourth-order valence-corrected chi connectivity index (χ4v) is 3.50. The van der Waals surface area contributed by atoms with Crippen LogP contribution in [0.4, 0.5) is 0 Å². The molecule has 1 aliphatic rings. The molecule has 0 saturated carbocycles. The van der Waals surface area contributed by atoms with Crippen LogP contribution in [0.1, 0.15) is 17.8 Å². The van der Waals surface area contributed by atoms with Gasteiger partial charge in [-0.3, -0.25) is 4.90 Å². The highest BCUT2D eigenvalue weighted by atomic mass is 35.5. The van der Waals surface area contributed by atoms with Crippen molar-refractivity contribution in [2.75, 3.05) is 26.2 Å². The number of halogens is 2. The number of aromatic nitrogens is 4. The second-order valence-electron chi connectivity index (χ2n) is 6.42. The van der Waals surface area contributed by atoms with E-state index in [0.717, 1.165) is 37.6 Å². The van der Waals surface area contributed by atoms with Crippen LogP contribution in [0, 0.1) is 0 Å². The lowest BCUT2D eigenvalue weighted by Gasteiger charge is -2.35. The van der Waals surface area contributed by atoms with E-state index in [0.29, 0.717) is 23.2 Å². The molecule has 1 N–H and O–H groups in total. The maximum absolute atomic E-state index is 6.04. The molecule has 3 heterocycles. The first kappa shape index (κ1) is 19.8. The van der Waals surface area contributed by atoms with E-state index >= 15 is 0 Å². The first-order chi connectivity index (χ1) is 12.7. The molecular weight excluding hydrogens is 387 g/mol. The van der Waals surface area contributed by atoms with Gasteiger partial charge in [-0.05, 0) is 12.1 Å². The second kappa shape index (κ2) is 8.84. The molecule has 1 atom stereocenters. The van der Waals surface area contributed by atoms with E-state index in [4.69, 9.17) is 16.1 Å². The molecule has 1 saturated heterocycles. The van der Waals surface area contributed by atoms with Crippen molar-refractivity contribution in [1.29, 1.82) is 0 Å². The zero-order chi connectivity index (χ0) is 17.9. The molecule has 27 heavy (non-hydrogen) atoms. The van der Waals surface area contributed by atoms with Crippen LogP contribution in [0.25, 0.3) is 11.4 Å². The van der Waals surface area contributed by atoms with Gasteiger partial charge < -0.3 is 14.4 Å². The molecule has 1 aromatic carbocycles. The third-order valence-corrected chi connectivity index (χ3v) is 4.91. The van der Waals surface area contributed by atoms with Gasteiger partial charge in [-0.2, -0.15) is 4.98 Å². The lowest BCUT2D eigenvalue weighted by atomic mass is 10.1. The summed E-state index contributed by atoms with van der Waals surface area (Å²) in [6.07, 6.45) is 4.53. The highest BCUT2D eigenvalue weighted by Crippen LogP contribution is 2.22. The first-order valence-corrected chi connectivity index (χ1v) is 9.09. The van der Waals surface area contributed by atoms with Crippen LogP contribution in [0.2, 0.25) is 5.02 Å². The molecule has 3 aromatic rings. The Morgan fingerprint density at radius 2 is 2.26 bits per heavy atom. The Morgan fingerprint density at radius 1 is 1.37 bits per heavy atom.